The summed E-state index contributed by atoms with van der Waals surface area (Å²) in [6.07, 6.45) is 1.79. The molecule has 1 fully saturated rings. The second-order valence-electron chi connectivity index (χ2n) is 6.90. The SMILES string of the molecule is CCOc1ccc(C2CCCN2C(=O)c2cc(Cl)c(OCC(N)=O)c(OC)c2)cc1. The van der Waals surface area contributed by atoms with E-state index in [2.05, 4.69) is 0 Å². The Morgan fingerprint density at radius 1 is 1.20 bits per heavy atom. The number of methoxy groups -OCH3 is 1. The summed E-state index contributed by atoms with van der Waals surface area (Å²) in [5.74, 6) is 0.472. The molecule has 1 atom stereocenters. The van der Waals surface area contributed by atoms with E-state index in [0.29, 0.717) is 18.7 Å². The maximum absolute atomic E-state index is 13.3. The quantitative estimate of drug-likeness (QED) is 0.688. The van der Waals surface area contributed by atoms with Gasteiger partial charge in [0.25, 0.3) is 11.8 Å². The van der Waals surface area contributed by atoms with E-state index in [1.165, 1.54) is 13.2 Å². The minimum Gasteiger partial charge on any atom is -0.494 e. The van der Waals surface area contributed by atoms with Crippen molar-refractivity contribution in [1.82, 2.24) is 4.90 Å². The molecule has 2 amide bonds. The van der Waals surface area contributed by atoms with Gasteiger partial charge in [-0.1, -0.05) is 23.7 Å². The van der Waals surface area contributed by atoms with E-state index in [1.807, 2.05) is 36.1 Å². The van der Waals surface area contributed by atoms with Crippen molar-refractivity contribution in [2.24, 2.45) is 5.73 Å². The molecule has 1 heterocycles. The van der Waals surface area contributed by atoms with Crippen molar-refractivity contribution in [1.29, 1.82) is 0 Å². The van der Waals surface area contributed by atoms with Gasteiger partial charge in [0.1, 0.15) is 5.75 Å². The first-order valence-electron chi connectivity index (χ1n) is 9.77. The fraction of sp³-hybridized carbons (Fsp3) is 0.364. The molecule has 2 aromatic carbocycles. The van der Waals surface area contributed by atoms with E-state index in [-0.39, 0.29) is 35.1 Å². The van der Waals surface area contributed by atoms with Gasteiger partial charge in [0.05, 0.1) is 24.8 Å². The first-order chi connectivity index (χ1) is 14.4. The molecule has 1 saturated heterocycles. The van der Waals surface area contributed by atoms with Crippen LogP contribution in [0.15, 0.2) is 36.4 Å². The molecule has 1 unspecified atom stereocenters. The summed E-state index contributed by atoms with van der Waals surface area (Å²) in [7, 11) is 1.44. The molecule has 2 N–H and O–H groups in total. The molecule has 3 rings (SSSR count). The number of nitrogens with two attached hydrogens (primary N) is 1. The van der Waals surface area contributed by atoms with Crippen LogP contribution in [-0.4, -0.2) is 43.6 Å². The highest BCUT2D eigenvalue weighted by Crippen LogP contribution is 2.39. The number of primary amides is 1. The van der Waals surface area contributed by atoms with Crippen molar-refractivity contribution >= 4 is 23.4 Å². The molecule has 8 heteroatoms. The summed E-state index contributed by atoms with van der Waals surface area (Å²) < 4.78 is 16.1. The Morgan fingerprint density at radius 2 is 1.93 bits per heavy atom. The number of carbonyl (C=O) groups is 2. The van der Waals surface area contributed by atoms with Crippen LogP contribution in [0.4, 0.5) is 0 Å². The number of hydrogen-bond donors (Lipinski definition) is 1. The second-order valence-corrected chi connectivity index (χ2v) is 7.31. The highest BCUT2D eigenvalue weighted by Gasteiger charge is 2.31. The molecule has 7 nitrogen and oxygen atoms in total. The van der Waals surface area contributed by atoms with Gasteiger partial charge >= 0.3 is 0 Å². The summed E-state index contributed by atoms with van der Waals surface area (Å²) in [6, 6.07) is 10.9. The maximum Gasteiger partial charge on any atom is 0.255 e. The lowest BCUT2D eigenvalue weighted by Gasteiger charge is -2.26. The summed E-state index contributed by atoms with van der Waals surface area (Å²) in [4.78, 5) is 26.1. The first-order valence-corrected chi connectivity index (χ1v) is 10.1. The lowest BCUT2D eigenvalue weighted by atomic mass is 10.0. The Labute approximate surface area is 180 Å². The number of likely N-dealkylation sites (tertiary alicyclic amines) is 1. The van der Waals surface area contributed by atoms with Crippen LogP contribution in [0.1, 0.15) is 41.7 Å². The van der Waals surface area contributed by atoms with E-state index < -0.39 is 5.91 Å². The number of carbonyl (C=O) groups excluding carboxylic acids is 2. The van der Waals surface area contributed by atoms with Crippen LogP contribution in [-0.2, 0) is 4.79 Å². The van der Waals surface area contributed by atoms with Gasteiger partial charge in [-0.15, -0.1) is 0 Å². The van der Waals surface area contributed by atoms with Crippen molar-refractivity contribution in [2.45, 2.75) is 25.8 Å². The molecule has 30 heavy (non-hydrogen) atoms. The average Bonchev–Trinajstić information content (AvgIpc) is 3.22. The summed E-state index contributed by atoms with van der Waals surface area (Å²) in [5, 5.41) is 0.177. The van der Waals surface area contributed by atoms with Gasteiger partial charge in [0.2, 0.25) is 0 Å². The minimum atomic E-state index is -0.636. The standard InChI is InChI=1S/C22H25ClN2O5/c1-3-29-16-8-6-14(7-9-16)18-5-4-10-25(18)22(27)15-11-17(23)21(19(12-15)28-2)30-13-20(24)26/h6-9,11-12,18H,3-5,10,13H2,1-2H3,(H2,24,26). The third-order valence-electron chi connectivity index (χ3n) is 4.92. The van der Waals surface area contributed by atoms with Gasteiger partial charge in [0, 0.05) is 12.1 Å². The zero-order chi connectivity index (χ0) is 21.7. The van der Waals surface area contributed by atoms with Crippen LogP contribution in [0.25, 0.3) is 0 Å². The minimum absolute atomic E-state index is 0.0243. The number of hydrogen-bond acceptors (Lipinski definition) is 5. The third kappa shape index (κ3) is 4.79. The van der Waals surface area contributed by atoms with E-state index >= 15 is 0 Å². The molecule has 160 valence electrons. The molecule has 2 aromatic rings. The van der Waals surface area contributed by atoms with E-state index in [9.17, 15) is 9.59 Å². The number of halogens is 1. The molecule has 0 saturated carbocycles. The van der Waals surface area contributed by atoms with Crippen molar-refractivity contribution < 1.29 is 23.8 Å². The van der Waals surface area contributed by atoms with Gasteiger partial charge < -0.3 is 24.8 Å². The zero-order valence-electron chi connectivity index (χ0n) is 17.0. The molecule has 0 aliphatic carbocycles. The number of benzene rings is 2. The van der Waals surface area contributed by atoms with Gasteiger partial charge in [-0.05, 0) is 49.6 Å². The Kier molecular flexibility index (Phi) is 7.05. The smallest absolute Gasteiger partial charge is 0.255 e. The van der Waals surface area contributed by atoms with Crippen LogP contribution in [0.5, 0.6) is 17.2 Å². The fourth-order valence-electron chi connectivity index (χ4n) is 3.60. The lowest BCUT2D eigenvalue weighted by Crippen LogP contribution is -2.30. The van der Waals surface area contributed by atoms with Crippen LogP contribution < -0.4 is 19.9 Å². The molecule has 1 aliphatic rings. The number of amides is 2. The molecular weight excluding hydrogens is 408 g/mol. The fourth-order valence-corrected chi connectivity index (χ4v) is 3.87. The second kappa shape index (κ2) is 9.71. The molecule has 0 aromatic heterocycles. The van der Waals surface area contributed by atoms with E-state index in [1.54, 1.807) is 6.07 Å². The molecule has 0 spiro atoms. The monoisotopic (exact) mass is 432 g/mol. The van der Waals surface area contributed by atoms with Crippen molar-refractivity contribution in [3.8, 4) is 17.2 Å². The zero-order valence-corrected chi connectivity index (χ0v) is 17.8. The van der Waals surface area contributed by atoms with Crippen molar-refractivity contribution in [3.63, 3.8) is 0 Å². The summed E-state index contributed by atoms with van der Waals surface area (Å²) in [5.41, 5.74) is 6.57. The van der Waals surface area contributed by atoms with Crippen molar-refractivity contribution in [3.05, 3.63) is 52.5 Å². The topological polar surface area (TPSA) is 91.1 Å². The predicted molar refractivity (Wildman–Crippen MR) is 113 cm³/mol. The Balaban J connectivity index is 1.84. The largest absolute Gasteiger partial charge is 0.494 e. The van der Waals surface area contributed by atoms with Crippen LogP contribution in [0.2, 0.25) is 5.02 Å². The Hall–Kier alpha value is -2.93. The number of nitrogens with zero attached hydrogens (tertiary/aromatic N) is 1. The molecule has 0 bridgehead atoms. The highest BCUT2D eigenvalue weighted by molar-refractivity contribution is 6.32. The highest BCUT2D eigenvalue weighted by atomic mass is 35.5. The van der Waals surface area contributed by atoms with Crippen molar-refractivity contribution in [2.75, 3.05) is 26.9 Å². The molecule has 1 aliphatic heterocycles. The van der Waals surface area contributed by atoms with E-state index in [4.69, 9.17) is 31.5 Å². The average molecular weight is 433 g/mol. The Bertz CT molecular complexity index is 916. The summed E-state index contributed by atoms with van der Waals surface area (Å²) in [6.45, 7) is 2.86. The van der Waals surface area contributed by atoms with Gasteiger partial charge in [-0.2, -0.15) is 0 Å². The van der Waals surface area contributed by atoms with E-state index in [0.717, 1.165) is 24.2 Å². The normalized spacial score (nSPS) is 15.7. The van der Waals surface area contributed by atoms with Gasteiger partial charge in [0.15, 0.2) is 18.1 Å². The van der Waals surface area contributed by atoms with Gasteiger partial charge in [-0.25, -0.2) is 0 Å². The maximum atomic E-state index is 13.3. The Morgan fingerprint density at radius 3 is 2.57 bits per heavy atom. The predicted octanol–water partition coefficient (Wildman–Crippen LogP) is 3.59. The lowest BCUT2D eigenvalue weighted by molar-refractivity contribution is -0.119. The summed E-state index contributed by atoms with van der Waals surface area (Å²) >= 11 is 6.31. The molecular formula is C22H25ClN2O5. The number of rotatable bonds is 8. The first kappa shape index (κ1) is 21.8. The van der Waals surface area contributed by atoms with Crippen LogP contribution in [0, 0.1) is 0 Å². The number of ether oxygens (including phenoxy) is 3. The third-order valence-corrected chi connectivity index (χ3v) is 5.21. The van der Waals surface area contributed by atoms with Gasteiger partial charge in [-0.3, -0.25) is 9.59 Å². The van der Waals surface area contributed by atoms with Crippen LogP contribution >= 0.6 is 11.6 Å². The molecule has 0 radical (unpaired) electrons. The van der Waals surface area contributed by atoms with Crippen LogP contribution in [0.3, 0.4) is 0 Å².